The number of halogens is 1. The summed E-state index contributed by atoms with van der Waals surface area (Å²) in [5.74, 6) is 1.93. The van der Waals surface area contributed by atoms with Crippen molar-refractivity contribution in [3.8, 4) is 22.5 Å². The van der Waals surface area contributed by atoms with E-state index in [2.05, 4.69) is 43.5 Å². The van der Waals surface area contributed by atoms with Gasteiger partial charge in [0.15, 0.2) is 5.78 Å². The van der Waals surface area contributed by atoms with Gasteiger partial charge in [-0.1, -0.05) is 40.3 Å². The fourth-order valence-electron chi connectivity index (χ4n) is 4.50. The molecule has 12 nitrogen and oxygen atoms in total. The van der Waals surface area contributed by atoms with Crippen molar-refractivity contribution >= 4 is 78.7 Å². The SMILES string of the molecule is CCO.NC(=S)C1CC1.Nc1ccc(-c2csc(C3CC3)n2)cc1.O=C(CBr)c1ccc([N+](=O)[O-])cc1.O=[N+]([O-])c1ccc(-c2csc(C3CC3)n2)cc1. The molecule has 3 aliphatic rings. The normalized spacial score (nSPS) is 13.9. The summed E-state index contributed by atoms with van der Waals surface area (Å²) in [6, 6.07) is 20.0. The van der Waals surface area contributed by atoms with Gasteiger partial charge in [0.25, 0.3) is 11.4 Å². The number of thiazole rings is 2. The molecule has 3 aromatic carbocycles. The lowest BCUT2D eigenvalue weighted by Gasteiger charge is -1.96. The number of nitrogen functional groups attached to an aromatic ring is 1. The first kappa shape index (κ1) is 42.3. The number of hydrogen-bond donors (Lipinski definition) is 3. The van der Waals surface area contributed by atoms with Crippen LogP contribution in [0.2, 0.25) is 0 Å². The summed E-state index contributed by atoms with van der Waals surface area (Å²) in [4.78, 5) is 40.9. The number of nitro benzene ring substituents is 2. The van der Waals surface area contributed by atoms with Gasteiger partial charge in [0.05, 0.1) is 41.6 Å². The van der Waals surface area contributed by atoms with Crippen LogP contribution < -0.4 is 11.5 Å². The van der Waals surface area contributed by atoms with Crippen LogP contribution in [-0.4, -0.2) is 47.6 Å². The minimum atomic E-state index is -0.498. The molecule has 3 aliphatic carbocycles. The van der Waals surface area contributed by atoms with Crippen LogP contribution in [0.1, 0.15) is 77.7 Å². The summed E-state index contributed by atoms with van der Waals surface area (Å²) in [5.41, 5.74) is 16.4. The first-order chi connectivity index (χ1) is 25.9. The number of nitrogens with two attached hydrogens (primary N) is 2. The second-order valence-electron chi connectivity index (χ2n) is 12.5. The lowest BCUT2D eigenvalue weighted by atomic mass is 10.1. The maximum absolute atomic E-state index is 11.1. The second kappa shape index (κ2) is 20.8. The zero-order chi connectivity index (χ0) is 39.2. The van der Waals surface area contributed by atoms with Gasteiger partial charge in [-0.15, -0.1) is 22.7 Å². The number of hydrogen-bond acceptors (Lipinski definition) is 12. The molecular weight excluding hydrogens is 813 g/mol. The highest BCUT2D eigenvalue weighted by atomic mass is 79.9. The molecule has 54 heavy (non-hydrogen) atoms. The van der Waals surface area contributed by atoms with E-state index in [0.717, 1.165) is 34.1 Å². The molecule has 0 saturated heterocycles. The quantitative estimate of drug-likeness (QED) is 0.0318. The highest BCUT2D eigenvalue weighted by molar-refractivity contribution is 9.09. The number of Topliss-reactive ketones (excluding diaryl/α,β-unsaturated/α-hetero) is 1. The van der Waals surface area contributed by atoms with E-state index in [1.54, 1.807) is 41.7 Å². The van der Waals surface area contributed by atoms with Gasteiger partial charge in [-0.25, -0.2) is 9.97 Å². The van der Waals surface area contributed by atoms with Crippen LogP contribution in [-0.2, 0) is 0 Å². The van der Waals surface area contributed by atoms with Crippen molar-refractivity contribution in [2.24, 2.45) is 11.7 Å². The number of thiocarbonyl (C=S) groups is 1. The third-order valence-electron chi connectivity index (χ3n) is 7.98. The molecule has 3 saturated carbocycles. The van der Waals surface area contributed by atoms with E-state index in [-0.39, 0.29) is 34.0 Å². The number of aliphatic hydroxyl groups is 1. The Labute approximate surface area is 335 Å². The third-order valence-corrected chi connectivity index (χ3v) is 10.8. The summed E-state index contributed by atoms with van der Waals surface area (Å²) >= 11 is 11.1. The van der Waals surface area contributed by atoms with Crippen LogP contribution in [0.5, 0.6) is 0 Å². The molecule has 0 unspecified atom stereocenters. The Morgan fingerprint density at radius 2 is 1.19 bits per heavy atom. The molecule has 5 aromatic rings. The van der Waals surface area contributed by atoms with Gasteiger partial charge in [0.1, 0.15) is 0 Å². The van der Waals surface area contributed by atoms with Gasteiger partial charge in [-0.05, 0) is 81.8 Å². The average Bonchev–Trinajstić information content (AvgIpc) is 4.10. The molecule has 0 atom stereocenters. The predicted molar refractivity (Wildman–Crippen MR) is 224 cm³/mol. The maximum Gasteiger partial charge on any atom is 0.269 e. The topological polar surface area (TPSA) is 201 Å². The van der Waals surface area contributed by atoms with E-state index >= 15 is 0 Å². The molecule has 2 aromatic heterocycles. The van der Waals surface area contributed by atoms with Crippen LogP contribution in [0.15, 0.2) is 83.6 Å². The number of anilines is 1. The van der Waals surface area contributed by atoms with Crippen LogP contribution in [0.4, 0.5) is 17.1 Å². The van der Waals surface area contributed by atoms with Gasteiger partial charge in [-0.2, -0.15) is 0 Å². The molecule has 8 rings (SSSR count). The standard InChI is InChI=1S/C12H10N2O2S.C12H12N2S.C8H6BrNO3.C4H7NS.C2H6O/c15-14(16)10-5-3-8(4-6-10)11-7-17-12(13-11)9-1-2-9;13-10-5-3-8(4-6-10)11-7-15-12(14-11)9-1-2-9;9-5-8(11)6-1-3-7(4-2-6)10(12)13;5-4(6)3-1-2-3;1-2-3/h3-7,9H,1-2H2;3-7,9H,1-2,13H2;1-4H,5H2;3H,1-2H2,(H2,5,6);3H,2H2,1H3. The fraction of sp³-hybridized carbons (Fsp3) is 0.316. The Bertz CT molecular complexity index is 1990. The number of nitrogens with zero attached hydrogens (tertiary/aromatic N) is 4. The van der Waals surface area contributed by atoms with E-state index in [0.29, 0.717) is 22.4 Å². The van der Waals surface area contributed by atoms with Crippen LogP contribution >= 0.6 is 50.8 Å². The Balaban J connectivity index is 0.000000163. The highest BCUT2D eigenvalue weighted by Crippen LogP contribution is 2.43. The smallest absolute Gasteiger partial charge is 0.269 e. The number of ketones is 1. The molecule has 5 N–H and O–H groups in total. The van der Waals surface area contributed by atoms with Crippen LogP contribution in [0.3, 0.4) is 0 Å². The number of aliphatic hydroxyl groups excluding tert-OH is 1. The fourth-order valence-corrected chi connectivity index (χ4v) is 7.06. The minimum absolute atomic E-state index is 0.00822. The van der Waals surface area contributed by atoms with Gasteiger partial charge in [0.2, 0.25) is 0 Å². The molecule has 0 radical (unpaired) electrons. The summed E-state index contributed by atoms with van der Waals surface area (Å²) in [6.45, 7) is 1.93. The first-order valence-corrected chi connectivity index (χ1v) is 20.5. The molecule has 0 aliphatic heterocycles. The highest BCUT2D eigenvalue weighted by Gasteiger charge is 2.27. The van der Waals surface area contributed by atoms with Crippen molar-refractivity contribution < 1.29 is 19.7 Å². The summed E-state index contributed by atoms with van der Waals surface area (Å²) < 4.78 is 0. The summed E-state index contributed by atoms with van der Waals surface area (Å²) in [5, 5.41) is 35.2. The van der Waals surface area contributed by atoms with Gasteiger partial charge < -0.3 is 16.6 Å². The number of carbonyl (C=O) groups excluding carboxylic acids is 1. The van der Waals surface area contributed by atoms with E-state index in [1.165, 1.54) is 84.9 Å². The molecular formula is C38H41BrN6O6S3. The van der Waals surface area contributed by atoms with E-state index in [9.17, 15) is 25.0 Å². The molecule has 0 bridgehead atoms. The van der Waals surface area contributed by atoms with Crippen molar-refractivity contribution in [2.45, 2.75) is 57.3 Å². The van der Waals surface area contributed by atoms with Crippen LogP contribution in [0, 0.1) is 26.1 Å². The van der Waals surface area contributed by atoms with E-state index in [4.69, 9.17) is 16.6 Å². The molecule has 3 fully saturated rings. The molecule has 0 amide bonds. The number of benzene rings is 3. The zero-order valence-corrected chi connectivity index (χ0v) is 33.5. The molecule has 0 spiro atoms. The zero-order valence-electron chi connectivity index (χ0n) is 29.5. The van der Waals surface area contributed by atoms with Crippen molar-refractivity contribution in [2.75, 3.05) is 17.7 Å². The molecule has 284 valence electrons. The Morgan fingerprint density at radius 3 is 1.50 bits per heavy atom. The third kappa shape index (κ3) is 13.7. The molecule has 2 heterocycles. The number of nitro groups is 2. The number of rotatable bonds is 9. The van der Waals surface area contributed by atoms with Gasteiger partial charge in [-0.3, -0.25) is 25.0 Å². The van der Waals surface area contributed by atoms with Crippen molar-refractivity contribution in [3.63, 3.8) is 0 Å². The molecule has 16 heteroatoms. The van der Waals surface area contributed by atoms with Gasteiger partial charge in [0, 0.05) is 81.8 Å². The largest absolute Gasteiger partial charge is 0.399 e. The van der Waals surface area contributed by atoms with Crippen molar-refractivity contribution in [3.05, 3.63) is 119 Å². The summed E-state index contributed by atoms with van der Waals surface area (Å²) in [7, 11) is 0. The lowest BCUT2D eigenvalue weighted by Crippen LogP contribution is -2.08. The van der Waals surface area contributed by atoms with Gasteiger partial charge >= 0.3 is 0 Å². The Hall–Kier alpha value is -4.48. The Morgan fingerprint density at radius 1 is 0.796 bits per heavy atom. The van der Waals surface area contributed by atoms with Crippen molar-refractivity contribution in [1.82, 2.24) is 9.97 Å². The summed E-state index contributed by atoms with van der Waals surface area (Å²) in [6.07, 6.45) is 7.58. The van der Waals surface area contributed by atoms with E-state index in [1.807, 2.05) is 29.6 Å². The predicted octanol–water partition coefficient (Wildman–Crippen LogP) is 9.72. The average molecular weight is 854 g/mol. The number of alkyl halides is 1. The number of non-ortho nitro benzene ring substituents is 2. The first-order valence-electron chi connectivity index (χ1n) is 17.2. The maximum atomic E-state index is 11.1. The monoisotopic (exact) mass is 852 g/mol. The lowest BCUT2D eigenvalue weighted by molar-refractivity contribution is -0.385. The number of carbonyl (C=O) groups is 1. The van der Waals surface area contributed by atoms with Crippen LogP contribution in [0.25, 0.3) is 22.5 Å². The second-order valence-corrected chi connectivity index (χ2v) is 15.3. The number of aromatic nitrogens is 2. The van der Waals surface area contributed by atoms with Crippen molar-refractivity contribution in [1.29, 1.82) is 0 Å². The van der Waals surface area contributed by atoms with E-state index < -0.39 is 4.92 Å². The minimum Gasteiger partial charge on any atom is -0.399 e. The Kier molecular flexibility index (Phi) is 16.3.